The quantitative estimate of drug-likeness (QED) is 0.0234. The molecule has 0 aliphatic rings. The molecule has 0 aromatic heterocycles. The van der Waals surface area contributed by atoms with Crippen molar-refractivity contribution >= 4 is 59.3 Å². The van der Waals surface area contributed by atoms with Gasteiger partial charge >= 0.3 is 23.9 Å². The summed E-state index contributed by atoms with van der Waals surface area (Å²) in [5, 5.41) is 26.9. The van der Waals surface area contributed by atoms with Gasteiger partial charge in [0.05, 0.1) is 25.7 Å². The number of carboxylic acid groups (broad SMARTS) is 2. The molecule has 4 amide bonds. The summed E-state index contributed by atoms with van der Waals surface area (Å²) in [4.78, 5) is 96.4. The van der Waals surface area contributed by atoms with Gasteiger partial charge in [0.1, 0.15) is 18.8 Å². The number of nitrogens with two attached hydrogens (primary N) is 1. The Hall–Kier alpha value is -3.93. The highest BCUT2D eigenvalue weighted by molar-refractivity contribution is 7.99. The van der Waals surface area contributed by atoms with Crippen LogP contribution >= 0.6 is 11.8 Å². The van der Waals surface area contributed by atoms with Crippen molar-refractivity contribution < 1.29 is 58.0 Å². The van der Waals surface area contributed by atoms with E-state index in [4.69, 9.17) is 25.4 Å². The maximum absolute atomic E-state index is 12.8. The lowest BCUT2D eigenvalue weighted by molar-refractivity contribution is -0.157. The van der Waals surface area contributed by atoms with Crippen LogP contribution in [0.25, 0.3) is 0 Å². The van der Waals surface area contributed by atoms with Crippen molar-refractivity contribution in [3.05, 3.63) is 0 Å². The molecule has 8 N–H and O–H groups in total. The number of ether oxygens (including phenoxy) is 2. The number of unbranched alkanes of at least 4 members (excludes halogenated alkanes) is 24. The third kappa shape index (κ3) is 41.9. The first-order valence-corrected chi connectivity index (χ1v) is 26.7. The molecule has 67 heavy (non-hydrogen) atoms. The van der Waals surface area contributed by atoms with Gasteiger partial charge in [0.15, 0.2) is 0 Å². The topological polar surface area (TPSA) is 270 Å². The zero-order valence-electron chi connectivity index (χ0n) is 41.2. The Labute approximate surface area is 405 Å². The Morgan fingerprint density at radius 1 is 0.507 bits per heavy atom. The van der Waals surface area contributed by atoms with Crippen molar-refractivity contribution in [3.63, 3.8) is 0 Å². The average molecular weight is 972 g/mol. The summed E-state index contributed by atoms with van der Waals surface area (Å²) in [7, 11) is 0. The predicted molar refractivity (Wildman–Crippen MR) is 262 cm³/mol. The van der Waals surface area contributed by atoms with Gasteiger partial charge in [-0.3, -0.25) is 33.6 Å². The second-order valence-electron chi connectivity index (χ2n) is 17.6. The van der Waals surface area contributed by atoms with Crippen molar-refractivity contribution in [2.24, 2.45) is 5.73 Å². The molecule has 0 heterocycles. The van der Waals surface area contributed by atoms with Crippen LogP contribution in [0.15, 0.2) is 0 Å². The molecule has 0 fully saturated rings. The molecule has 17 nitrogen and oxygen atoms in total. The van der Waals surface area contributed by atoms with E-state index >= 15 is 0 Å². The molecule has 0 aromatic rings. The fraction of sp³-hybridized carbons (Fsp3) is 0.837. The SMILES string of the molecule is CCCCCCCCCCCCCCCC(=O)OC[C@@H](CSC[C@H](N)C(=O)NCC(=O)NCC(=O)NCC(=O)NC(CCC(=O)O)C(=O)O)OC(=O)CCCCCCCCCCCCCCC. The molecule has 388 valence electrons. The standard InChI is InChI=1S/C49H89N5O12S/c1-3-5-7-9-11-13-15-17-19-21-23-25-27-29-46(60)65-36-39(66-47(61)30-28-26-24-22-20-18-16-14-12-10-8-6-4-2)37-67-38-40(50)48(62)53-34-43(56)51-33-42(55)52-35-44(57)54-41(49(63)64)31-32-45(58)59/h39-41H,3-38,50H2,1-2H3,(H,51,56)(H,52,55)(H,53,62)(H,54,57)(H,58,59)(H,63,64)/t39-,40-,41?/m0/s1. The first-order valence-electron chi connectivity index (χ1n) is 25.5. The Kier molecular flexibility index (Phi) is 42.0. The largest absolute Gasteiger partial charge is 0.481 e. The first-order chi connectivity index (χ1) is 32.3. The van der Waals surface area contributed by atoms with Gasteiger partial charge in [-0.15, -0.1) is 0 Å². The molecule has 0 spiro atoms. The van der Waals surface area contributed by atoms with Gasteiger partial charge in [-0.25, -0.2) is 4.79 Å². The summed E-state index contributed by atoms with van der Waals surface area (Å²) in [6.07, 6.45) is 30.1. The number of carbonyl (C=O) groups is 8. The summed E-state index contributed by atoms with van der Waals surface area (Å²) < 4.78 is 11.3. The molecule has 0 aliphatic carbocycles. The van der Waals surface area contributed by atoms with E-state index in [-0.39, 0.29) is 49.3 Å². The molecule has 0 aromatic carbocycles. The molecule has 1 unspecified atom stereocenters. The maximum atomic E-state index is 12.8. The van der Waals surface area contributed by atoms with E-state index in [2.05, 4.69) is 35.1 Å². The fourth-order valence-corrected chi connectivity index (χ4v) is 8.12. The Morgan fingerprint density at radius 2 is 0.910 bits per heavy atom. The number of esters is 2. The molecule has 0 radical (unpaired) electrons. The van der Waals surface area contributed by atoms with Crippen LogP contribution in [0.4, 0.5) is 0 Å². The number of hydrogen-bond acceptors (Lipinski definition) is 12. The Balaban J connectivity index is 4.70. The van der Waals surface area contributed by atoms with E-state index in [0.29, 0.717) is 6.42 Å². The number of thioether (sulfide) groups is 1. The highest BCUT2D eigenvalue weighted by Crippen LogP contribution is 2.16. The van der Waals surface area contributed by atoms with Gasteiger partial charge in [-0.2, -0.15) is 11.8 Å². The second-order valence-corrected chi connectivity index (χ2v) is 18.7. The van der Waals surface area contributed by atoms with E-state index in [0.717, 1.165) is 44.9 Å². The smallest absolute Gasteiger partial charge is 0.326 e. The summed E-state index contributed by atoms with van der Waals surface area (Å²) in [5.74, 6) is -6.04. The lowest BCUT2D eigenvalue weighted by Crippen LogP contribution is -2.49. The lowest BCUT2D eigenvalue weighted by Gasteiger charge is -2.19. The predicted octanol–water partition coefficient (Wildman–Crippen LogP) is 7.25. The molecule has 0 rings (SSSR count). The van der Waals surface area contributed by atoms with Crippen LogP contribution < -0.4 is 27.0 Å². The third-order valence-corrected chi connectivity index (χ3v) is 12.4. The highest BCUT2D eigenvalue weighted by atomic mass is 32.2. The van der Waals surface area contributed by atoms with Crippen LogP contribution in [-0.4, -0.2) is 114 Å². The van der Waals surface area contributed by atoms with Crippen LogP contribution in [0.1, 0.15) is 206 Å². The van der Waals surface area contributed by atoms with Crippen molar-refractivity contribution in [3.8, 4) is 0 Å². The number of amides is 4. The van der Waals surface area contributed by atoms with E-state index < -0.39 is 79.8 Å². The normalized spacial score (nSPS) is 12.3. The van der Waals surface area contributed by atoms with Crippen LogP contribution in [0.3, 0.4) is 0 Å². The number of carbonyl (C=O) groups excluding carboxylic acids is 6. The van der Waals surface area contributed by atoms with Gasteiger partial charge in [0.25, 0.3) is 0 Å². The number of nitrogens with one attached hydrogen (secondary N) is 4. The van der Waals surface area contributed by atoms with Gasteiger partial charge in [0, 0.05) is 30.8 Å². The number of carboxylic acids is 2. The van der Waals surface area contributed by atoms with Crippen molar-refractivity contribution in [1.29, 1.82) is 0 Å². The monoisotopic (exact) mass is 972 g/mol. The van der Waals surface area contributed by atoms with Gasteiger partial charge in [-0.1, -0.05) is 168 Å². The summed E-state index contributed by atoms with van der Waals surface area (Å²) >= 11 is 1.24. The molecular weight excluding hydrogens is 883 g/mol. The van der Waals surface area contributed by atoms with E-state index in [9.17, 15) is 38.4 Å². The van der Waals surface area contributed by atoms with Gasteiger partial charge in [-0.05, 0) is 19.3 Å². The van der Waals surface area contributed by atoms with Crippen LogP contribution in [0, 0.1) is 0 Å². The maximum Gasteiger partial charge on any atom is 0.326 e. The molecular formula is C49H89N5O12S. The van der Waals surface area contributed by atoms with Crippen molar-refractivity contribution in [1.82, 2.24) is 21.3 Å². The zero-order valence-corrected chi connectivity index (χ0v) is 42.0. The minimum Gasteiger partial charge on any atom is -0.481 e. The summed E-state index contributed by atoms with van der Waals surface area (Å²) in [5.41, 5.74) is 6.07. The van der Waals surface area contributed by atoms with Crippen molar-refractivity contribution in [2.75, 3.05) is 37.7 Å². The minimum atomic E-state index is -1.45. The molecule has 0 saturated carbocycles. The van der Waals surface area contributed by atoms with E-state index in [1.54, 1.807) is 0 Å². The molecule has 3 atom stereocenters. The van der Waals surface area contributed by atoms with Gasteiger partial charge in [0.2, 0.25) is 23.6 Å². The second kappa shape index (κ2) is 44.6. The van der Waals surface area contributed by atoms with Crippen LogP contribution in [0.5, 0.6) is 0 Å². The molecule has 0 bridgehead atoms. The number of aliphatic carboxylic acids is 2. The molecule has 0 aliphatic heterocycles. The van der Waals surface area contributed by atoms with Gasteiger partial charge < -0.3 is 46.7 Å². The minimum absolute atomic E-state index is 0.107. The van der Waals surface area contributed by atoms with Crippen LogP contribution in [-0.2, 0) is 47.8 Å². The number of rotatable bonds is 47. The highest BCUT2D eigenvalue weighted by Gasteiger charge is 2.22. The summed E-state index contributed by atoms with van der Waals surface area (Å²) in [6, 6.07) is -2.49. The molecule has 18 heteroatoms. The van der Waals surface area contributed by atoms with Crippen molar-refractivity contribution in [2.45, 2.75) is 225 Å². The summed E-state index contributed by atoms with van der Waals surface area (Å²) in [6.45, 7) is 2.70. The molecule has 0 saturated heterocycles. The zero-order chi connectivity index (χ0) is 49.8. The van der Waals surface area contributed by atoms with E-state index in [1.807, 2.05) is 0 Å². The van der Waals surface area contributed by atoms with E-state index in [1.165, 1.54) is 127 Å². The Morgan fingerprint density at radius 3 is 1.34 bits per heavy atom. The number of hydrogen-bond donors (Lipinski definition) is 7. The lowest BCUT2D eigenvalue weighted by atomic mass is 10.0. The Bertz CT molecular complexity index is 1370. The van der Waals surface area contributed by atoms with Crippen LogP contribution in [0.2, 0.25) is 0 Å². The average Bonchev–Trinajstić information content (AvgIpc) is 3.29. The fourth-order valence-electron chi connectivity index (χ4n) is 7.15. The first kappa shape index (κ1) is 63.1. The third-order valence-electron chi connectivity index (χ3n) is 11.2.